The van der Waals surface area contributed by atoms with Crippen LogP contribution in [0.5, 0.6) is 0 Å². The quantitative estimate of drug-likeness (QED) is 0.141. The number of ether oxygens (including phenoxy) is 4. The lowest BCUT2D eigenvalue weighted by molar-refractivity contribution is -0.140. The highest BCUT2D eigenvalue weighted by atomic mass is 16.7. The second kappa shape index (κ2) is 15.8. The number of nitrogens with one attached hydrogen (secondary N) is 2. The minimum atomic E-state index is -0.536. The maximum atomic E-state index is 13.0. The van der Waals surface area contributed by atoms with Gasteiger partial charge in [0, 0.05) is 36.8 Å². The van der Waals surface area contributed by atoms with Crippen molar-refractivity contribution in [2.75, 3.05) is 46.9 Å². The number of hydrogen-bond donors (Lipinski definition) is 2. The third kappa shape index (κ3) is 14.3. The average Bonchev–Trinajstić information content (AvgIpc) is 2.73. The molecule has 0 heterocycles. The van der Waals surface area contributed by atoms with Crippen LogP contribution in [0.1, 0.15) is 109 Å². The van der Waals surface area contributed by atoms with E-state index in [1.54, 1.807) is 7.11 Å². The molecule has 7 heteroatoms. The van der Waals surface area contributed by atoms with Crippen LogP contribution in [-0.2, 0) is 23.7 Å². The van der Waals surface area contributed by atoms with Crippen LogP contribution in [0.15, 0.2) is 0 Å². The number of hydrogen-bond acceptors (Lipinski definition) is 6. The Bertz CT molecular complexity index is 646. The van der Waals surface area contributed by atoms with Crippen LogP contribution in [0.2, 0.25) is 0 Å². The van der Waals surface area contributed by atoms with Crippen molar-refractivity contribution in [1.29, 1.82) is 0 Å². The molecule has 0 aliphatic rings. The number of carbonyl (C=O) groups excluding carboxylic acids is 1. The molecule has 0 radical (unpaired) electrons. The van der Waals surface area contributed by atoms with Crippen molar-refractivity contribution in [2.45, 2.75) is 125 Å². The van der Waals surface area contributed by atoms with Gasteiger partial charge in [-0.25, -0.2) is 0 Å². The average molecular weight is 531 g/mol. The van der Waals surface area contributed by atoms with Gasteiger partial charge in [0.05, 0.1) is 25.4 Å². The van der Waals surface area contributed by atoms with Gasteiger partial charge in [-0.3, -0.25) is 4.79 Å². The second-order valence-electron chi connectivity index (χ2n) is 13.8. The van der Waals surface area contributed by atoms with Crippen molar-refractivity contribution in [3.05, 3.63) is 0 Å². The Morgan fingerprint density at radius 1 is 0.865 bits per heavy atom. The number of methoxy groups -OCH3 is 1. The molecule has 0 rings (SSSR count). The topological polar surface area (TPSA) is 78.1 Å². The summed E-state index contributed by atoms with van der Waals surface area (Å²) >= 11 is 0. The fourth-order valence-electron chi connectivity index (χ4n) is 5.18. The molecule has 0 saturated heterocycles. The molecule has 0 aromatic rings. The molecule has 2 N–H and O–H groups in total. The van der Waals surface area contributed by atoms with E-state index in [1.165, 1.54) is 0 Å². The highest BCUT2D eigenvalue weighted by Crippen LogP contribution is 2.43. The molecular formula is C30H62N2O5. The largest absolute Gasteiger partial charge is 0.377 e. The smallest absolute Gasteiger partial charge is 0.225 e. The third-order valence-electron chi connectivity index (χ3n) is 7.69. The molecule has 0 aromatic heterocycles. The predicted molar refractivity (Wildman–Crippen MR) is 154 cm³/mol. The first-order chi connectivity index (χ1) is 16.8. The van der Waals surface area contributed by atoms with Crippen LogP contribution in [0.25, 0.3) is 0 Å². The molecule has 0 aliphatic carbocycles. The zero-order valence-corrected chi connectivity index (χ0v) is 26.7. The van der Waals surface area contributed by atoms with Gasteiger partial charge in [0.15, 0.2) is 0 Å². The molecule has 1 amide bonds. The number of amides is 1. The monoisotopic (exact) mass is 530 g/mol. The van der Waals surface area contributed by atoms with Crippen LogP contribution in [0.4, 0.5) is 0 Å². The van der Waals surface area contributed by atoms with E-state index in [1.807, 2.05) is 13.8 Å². The van der Waals surface area contributed by atoms with Gasteiger partial charge in [-0.15, -0.1) is 0 Å². The Morgan fingerprint density at radius 2 is 1.46 bits per heavy atom. The summed E-state index contributed by atoms with van der Waals surface area (Å²) in [5.41, 5.74) is -1.05. The summed E-state index contributed by atoms with van der Waals surface area (Å²) in [5, 5.41) is 6.94. The molecule has 0 fully saturated rings. The van der Waals surface area contributed by atoms with Gasteiger partial charge in [-0.1, -0.05) is 48.5 Å². The summed E-state index contributed by atoms with van der Waals surface area (Å²) in [4.78, 5) is 13.0. The first-order valence-electron chi connectivity index (χ1n) is 14.2. The summed E-state index contributed by atoms with van der Waals surface area (Å²) in [6.07, 6.45) is 3.81. The van der Waals surface area contributed by atoms with Crippen LogP contribution in [0, 0.1) is 16.7 Å². The molecule has 1 unspecified atom stereocenters. The Kier molecular flexibility index (Phi) is 15.4. The summed E-state index contributed by atoms with van der Waals surface area (Å²) < 4.78 is 22.1. The first-order valence-corrected chi connectivity index (χ1v) is 14.2. The van der Waals surface area contributed by atoms with E-state index < -0.39 is 11.0 Å². The fraction of sp³-hybridized carbons (Fsp3) is 0.967. The van der Waals surface area contributed by atoms with Gasteiger partial charge in [-0.2, -0.15) is 0 Å². The Morgan fingerprint density at radius 3 is 2.00 bits per heavy atom. The van der Waals surface area contributed by atoms with Gasteiger partial charge < -0.3 is 29.6 Å². The summed E-state index contributed by atoms with van der Waals surface area (Å²) in [5.74, 6) is 0.680. The fourth-order valence-corrected chi connectivity index (χ4v) is 5.18. The Hall–Kier alpha value is -0.730. The van der Waals surface area contributed by atoms with Gasteiger partial charge >= 0.3 is 0 Å². The van der Waals surface area contributed by atoms with Crippen molar-refractivity contribution in [1.82, 2.24) is 10.6 Å². The molecular weight excluding hydrogens is 468 g/mol. The van der Waals surface area contributed by atoms with Crippen molar-refractivity contribution < 1.29 is 23.7 Å². The minimum absolute atomic E-state index is 0.00967. The molecule has 1 atom stereocenters. The molecule has 7 nitrogen and oxygen atoms in total. The maximum Gasteiger partial charge on any atom is 0.225 e. The Balaban J connectivity index is 4.83. The molecule has 222 valence electrons. The third-order valence-corrected chi connectivity index (χ3v) is 7.69. The number of rotatable bonds is 21. The van der Waals surface area contributed by atoms with Crippen LogP contribution >= 0.6 is 0 Å². The zero-order valence-electron chi connectivity index (χ0n) is 26.7. The van der Waals surface area contributed by atoms with E-state index in [-0.39, 0.29) is 29.2 Å². The van der Waals surface area contributed by atoms with Crippen LogP contribution < -0.4 is 10.6 Å². The SMILES string of the molecule is CCC(C)(CCOC(C)(C)C(C)(C)CC(C)(C)C(=O)NCCOCCOCOC)NC(C)(C)CC(C)C. The first kappa shape index (κ1) is 36.3. The maximum absolute atomic E-state index is 13.0. The summed E-state index contributed by atoms with van der Waals surface area (Å²) in [6, 6.07) is 0. The molecule has 0 aromatic carbocycles. The summed E-state index contributed by atoms with van der Waals surface area (Å²) in [6.45, 7) is 29.2. The van der Waals surface area contributed by atoms with E-state index >= 15 is 0 Å². The van der Waals surface area contributed by atoms with Crippen molar-refractivity contribution >= 4 is 5.91 Å². The molecule has 0 saturated carbocycles. The standard InChI is InChI=1S/C30H62N2O5/c1-14-30(12,32-28(8,9)21-24(2)3)15-17-37-29(10,11)27(6,7)22-26(4,5)25(33)31-16-18-35-19-20-36-23-34-13/h24,32H,14-23H2,1-13H3,(H,31,33). The van der Waals surface area contributed by atoms with Crippen molar-refractivity contribution in [2.24, 2.45) is 16.7 Å². The van der Waals surface area contributed by atoms with Gasteiger partial charge in [0.1, 0.15) is 6.79 Å². The highest BCUT2D eigenvalue weighted by Gasteiger charge is 2.44. The normalized spacial score (nSPS) is 15.2. The van der Waals surface area contributed by atoms with E-state index in [0.29, 0.717) is 45.3 Å². The Labute approximate surface area is 229 Å². The molecule has 0 aliphatic heterocycles. The molecule has 0 spiro atoms. The minimum Gasteiger partial charge on any atom is -0.377 e. The van der Waals surface area contributed by atoms with E-state index in [2.05, 4.69) is 79.9 Å². The lowest BCUT2D eigenvalue weighted by atomic mass is 9.66. The second-order valence-corrected chi connectivity index (χ2v) is 13.8. The lowest BCUT2D eigenvalue weighted by Gasteiger charge is -2.46. The number of carbonyl (C=O) groups is 1. The van der Waals surface area contributed by atoms with Crippen LogP contribution in [0.3, 0.4) is 0 Å². The zero-order chi connectivity index (χ0) is 29.0. The molecule has 37 heavy (non-hydrogen) atoms. The van der Waals surface area contributed by atoms with Crippen molar-refractivity contribution in [3.63, 3.8) is 0 Å². The van der Waals surface area contributed by atoms with Gasteiger partial charge in [-0.05, 0) is 71.6 Å². The van der Waals surface area contributed by atoms with Gasteiger partial charge in [0.25, 0.3) is 0 Å². The van der Waals surface area contributed by atoms with E-state index in [0.717, 1.165) is 19.3 Å². The van der Waals surface area contributed by atoms with E-state index in [9.17, 15) is 4.79 Å². The van der Waals surface area contributed by atoms with Crippen LogP contribution in [-0.4, -0.2) is 69.5 Å². The summed E-state index contributed by atoms with van der Waals surface area (Å²) in [7, 11) is 1.59. The van der Waals surface area contributed by atoms with Crippen molar-refractivity contribution in [3.8, 4) is 0 Å². The molecule has 0 bridgehead atoms. The predicted octanol–water partition coefficient (Wildman–Crippen LogP) is 5.95. The van der Waals surface area contributed by atoms with E-state index in [4.69, 9.17) is 18.9 Å². The van der Waals surface area contributed by atoms with Gasteiger partial charge in [0.2, 0.25) is 5.91 Å². The highest BCUT2D eigenvalue weighted by molar-refractivity contribution is 5.81. The lowest BCUT2D eigenvalue weighted by Crippen LogP contribution is -2.55.